The van der Waals surface area contributed by atoms with Gasteiger partial charge in [0.05, 0.1) is 15.8 Å². The van der Waals surface area contributed by atoms with Crippen molar-refractivity contribution in [1.82, 2.24) is 4.31 Å². The molecule has 150 valence electrons. The first-order valence-corrected chi connectivity index (χ1v) is 11.1. The van der Waals surface area contributed by atoms with E-state index in [1.807, 2.05) is 26.0 Å². The summed E-state index contributed by atoms with van der Waals surface area (Å²) in [5.41, 5.74) is 2.70. The van der Waals surface area contributed by atoms with Gasteiger partial charge >= 0.3 is 5.97 Å². The van der Waals surface area contributed by atoms with E-state index in [0.29, 0.717) is 28.5 Å². The Labute approximate surface area is 171 Å². The second kappa shape index (κ2) is 8.23. The zero-order valence-electron chi connectivity index (χ0n) is 16.2. The highest BCUT2D eigenvalue weighted by atomic mass is 35.5. The van der Waals surface area contributed by atoms with E-state index in [4.69, 9.17) is 16.3 Å². The Bertz CT molecular complexity index is 995. The third kappa shape index (κ3) is 4.40. The Morgan fingerprint density at radius 3 is 2.29 bits per heavy atom. The standard InChI is InChI=1S/C21H24ClNO4S/c1-14-5-7-20(16(3)12-14)28(25,26)23-10-8-17(9-11-23)21(24)27-19-13-15(2)4-6-18(19)22/h4-7,12-13,17H,8-11H2,1-3H3. The number of ether oxygens (including phenoxy) is 1. The average Bonchev–Trinajstić information content (AvgIpc) is 2.64. The molecule has 0 saturated carbocycles. The fourth-order valence-electron chi connectivity index (χ4n) is 3.44. The van der Waals surface area contributed by atoms with E-state index in [-0.39, 0.29) is 25.0 Å². The Kier molecular flexibility index (Phi) is 6.12. The van der Waals surface area contributed by atoms with Gasteiger partial charge in [0.15, 0.2) is 0 Å². The van der Waals surface area contributed by atoms with Gasteiger partial charge in [-0.1, -0.05) is 35.4 Å². The van der Waals surface area contributed by atoms with Gasteiger partial charge < -0.3 is 4.74 Å². The Balaban J connectivity index is 1.66. The van der Waals surface area contributed by atoms with E-state index in [1.54, 1.807) is 31.2 Å². The lowest BCUT2D eigenvalue weighted by molar-refractivity contribution is -0.140. The minimum atomic E-state index is -3.57. The first-order chi connectivity index (χ1) is 13.2. The van der Waals surface area contributed by atoms with Crippen LogP contribution in [0.4, 0.5) is 0 Å². The molecule has 0 radical (unpaired) electrons. The molecule has 0 unspecified atom stereocenters. The first kappa shape index (κ1) is 20.8. The van der Waals surface area contributed by atoms with Gasteiger partial charge in [-0.05, 0) is 62.9 Å². The van der Waals surface area contributed by atoms with Crippen molar-refractivity contribution in [3.05, 3.63) is 58.1 Å². The molecule has 3 rings (SSSR count). The molecule has 0 amide bonds. The number of halogens is 1. The van der Waals surface area contributed by atoms with Crippen molar-refractivity contribution in [2.24, 2.45) is 5.92 Å². The van der Waals surface area contributed by atoms with Crippen LogP contribution in [0.3, 0.4) is 0 Å². The molecule has 2 aromatic carbocycles. The fourth-order valence-corrected chi connectivity index (χ4v) is 5.27. The number of benzene rings is 2. The van der Waals surface area contributed by atoms with E-state index < -0.39 is 10.0 Å². The van der Waals surface area contributed by atoms with Crippen LogP contribution >= 0.6 is 11.6 Å². The zero-order chi connectivity index (χ0) is 20.5. The summed E-state index contributed by atoms with van der Waals surface area (Å²) in [7, 11) is -3.57. The molecule has 0 aliphatic carbocycles. The van der Waals surface area contributed by atoms with Crippen LogP contribution in [0.2, 0.25) is 5.02 Å². The Hall–Kier alpha value is -1.89. The topological polar surface area (TPSA) is 63.7 Å². The van der Waals surface area contributed by atoms with Gasteiger partial charge in [0.25, 0.3) is 0 Å². The molecule has 0 bridgehead atoms. The van der Waals surface area contributed by atoms with Gasteiger partial charge in [0.1, 0.15) is 5.75 Å². The van der Waals surface area contributed by atoms with Crippen molar-refractivity contribution in [1.29, 1.82) is 0 Å². The molecule has 7 heteroatoms. The van der Waals surface area contributed by atoms with Crippen LogP contribution in [0, 0.1) is 26.7 Å². The lowest BCUT2D eigenvalue weighted by Gasteiger charge is -2.30. The molecule has 1 fully saturated rings. The molecule has 5 nitrogen and oxygen atoms in total. The van der Waals surface area contributed by atoms with Crippen molar-refractivity contribution in [3.63, 3.8) is 0 Å². The number of piperidine rings is 1. The number of rotatable bonds is 4. The van der Waals surface area contributed by atoms with Crippen LogP contribution in [0.5, 0.6) is 5.75 Å². The molecule has 28 heavy (non-hydrogen) atoms. The number of hydrogen-bond acceptors (Lipinski definition) is 4. The van der Waals surface area contributed by atoms with Crippen LogP contribution in [-0.2, 0) is 14.8 Å². The highest BCUT2D eigenvalue weighted by Crippen LogP contribution is 2.29. The van der Waals surface area contributed by atoms with Crippen molar-refractivity contribution in [2.45, 2.75) is 38.5 Å². The highest BCUT2D eigenvalue weighted by molar-refractivity contribution is 7.89. The first-order valence-electron chi connectivity index (χ1n) is 9.24. The molecular weight excluding hydrogens is 398 g/mol. The van der Waals surface area contributed by atoms with E-state index in [1.165, 1.54) is 4.31 Å². The van der Waals surface area contributed by atoms with Gasteiger partial charge in [-0.25, -0.2) is 8.42 Å². The maximum Gasteiger partial charge on any atom is 0.314 e. The Morgan fingerprint density at radius 1 is 1.04 bits per heavy atom. The van der Waals surface area contributed by atoms with Crippen molar-refractivity contribution in [3.8, 4) is 5.75 Å². The molecule has 0 N–H and O–H groups in total. The summed E-state index contributed by atoms with van der Waals surface area (Å²) in [6, 6.07) is 10.6. The normalized spacial score (nSPS) is 16.1. The van der Waals surface area contributed by atoms with Crippen molar-refractivity contribution in [2.75, 3.05) is 13.1 Å². The maximum atomic E-state index is 13.0. The van der Waals surface area contributed by atoms with Gasteiger partial charge in [-0.3, -0.25) is 4.79 Å². The second-order valence-corrected chi connectivity index (χ2v) is 9.62. The van der Waals surface area contributed by atoms with Gasteiger partial charge in [0, 0.05) is 13.1 Å². The smallest absolute Gasteiger partial charge is 0.314 e. The van der Waals surface area contributed by atoms with Crippen LogP contribution in [-0.4, -0.2) is 31.8 Å². The minimum absolute atomic E-state index is 0.289. The fraction of sp³-hybridized carbons (Fsp3) is 0.381. The summed E-state index contributed by atoms with van der Waals surface area (Å²) in [6.45, 7) is 6.20. The van der Waals surface area contributed by atoms with E-state index in [0.717, 1.165) is 16.7 Å². The van der Waals surface area contributed by atoms with Crippen LogP contribution in [0.1, 0.15) is 29.5 Å². The van der Waals surface area contributed by atoms with E-state index in [9.17, 15) is 13.2 Å². The summed E-state index contributed by atoms with van der Waals surface area (Å²) in [5.74, 6) is -0.366. The number of hydrogen-bond donors (Lipinski definition) is 0. The lowest BCUT2D eigenvalue weighted by Crippen LogP contribution is -2.41. The number of aryl methyl sites for hydroxylation is 3. The SMILES string of the molecule is Cc1ccc(S(=O)(=O)N2CCC(C(=O)Oc3cc(C)ccc3Cl)CC2)c(C)c1. The number of esters is 1. The van der Waals surface area contributed by atoms with Gasteiger partial charge in [-0.15, -0.1) is 0 Å². The summed E-state index contributed by atoms with van der Waals surface area (Å²) in [5, 5.41) is 0.383. The molecule has 1 heterocycles. The number of carbonyl (C=O) groups excluding carboxylic acids is 1. The predicted molar refractivity (Wildman–Crippen MR) is 109 cm³/mol. The van der Waals surface area contributed by atoms with E-state index >= 15 is 0 Å². The second-order valence-electron chi connectivity index (χ2n) is 7.30. The molecular formula is C21H24ClNO4S. The molecule has 1 aliphatic heterocycles. The van der Waals surface area contributed by atoms with Crippen LogP contribution in [0.15, 0.2) is 41.3 Å². The summed E-state index contributed by atoms with van der Waals surface area (Å²) in [6.07, 6.45) is 0.846. The zero-order valence-corrected chi connectivity index (χ0v) is 17.8. The van der Waals surface area contributed by atoms with Crippen LogP contribution in [0.25, 0.3) is 0 Å². The average molecular weight is 422 g/mol. The van der Waals surface area contributed by atoms with Crippen molar-refractivity contribution < 1.29 is 17.9 Å². The molecule has 1 saturated heterocycles. The highest BCUT2D eigenvalue weighted by Gasteiger charge is 2.33. The third-order valence-corrected chi connectivity index (χ3v) is 7.40. The number of sulfonamides is 1. The van der Waals surface area contributed by atoms with E-state index in [2.05, 4.69) is 0 Å². The maximum absolute atomic E-state index is 13.0. The van der Waals surface area contributed by atoms with Crippen LogP contribution < -0.4 is 4.74 Å². The Morgan fingerprint density at radius 2 is 1.64 bits per heavy atom. The summed E-state index contributed by atoms with van der Waals surface area (Å²) < 4.78 is 32.8. The molecule has 1 aliphatic rings. The largest absolute Gasteiger partial charge is 0.425 e. The predicted octanol–water partition coefficient (Wildman–Crippen LogP) is 4.27. The summed E-state index contributed by atoms with van der Waals surface area (Å²) in [4.78, 5) is 12.8. The van der Waals surface area contributed by atoms with Gasteiger partial charge in [-0.2, -0.15) is 4.31 Å². The molecule has 0 aromatic heterocycles. The monoisotopic (exact) mass is 421 g/mol. The lowest BCUT2D eigenvalue weighted by atomic mass is 9.98. The molecule has 0 spiro atoms. The van der Waals surface area contributed by atoms with Crippen molar-refractivity contribution >= 4 is 27.6 Å². The number of nitrogens with zero attached hydrogens (tertiary/aromatic N) is 1. The molecule has 0 atom stereocenters. The number of carbonyl (C=O) groups is 1. The minimum Gasteiger partial charge on any atom is -0.425 e. The van der Waals surface area contributed by atoms with Gasteiger partial charge in [0.2, 0.25) is 10.0 Å². The summed E-state index contributed by atoms with van der Waals surface area (Å²) >= 11 is 6.09. The third-order valence-electron chi connectivity index (χ3n) is 5.03. The molecule has 2 aromatic rings. The quantitative estimate of drug-likeness (QED) is 0.546.